The Morgan fingerprint density at radius 1 is 1.45 bits per heavy atom. The van der Waals surface area contributed by atoms with Crippen molar-refractivity contribution in [3.8, 4) is 0 Å². The molecule has 0 saturated carbocycles. The van der Waals surface area contributed by atoms with E-state index in [1.165, 1.54) is 18.7 Å². The van der Waals surface area contributed by atoms with E-state index in [9.17, 15) is 9.59 Å². The van der Waals surface area contributed by atoms with E-state index in [1.807, 2.05) is 12.1 Å². The number of thioether (sulfide) groups is 1. The van der Waals surface area contributed by atoms with E-state index in [0.717, 1.165) is 5.56 Å². The highest BCUT2D eigenvalue weighted by Crippen LogP contribution is 2.27. The first-order valence-corrected chi connectivity index (χ1v) is 7.99. The Bertz CT molecular complexity index is 536. The second-order valence-corrected chi connectivity index (χ2v) is 7.00. The molecule has 1 aliphatic heterocycles. The molecule has 1 fully saturated rings. The lowest BCUT2D eigenvalue weighted by atomic mass is 10.1. The van der Waals surface area contributed by atoms with Gasteiger partial charge in [0.1, 0.15) is 0 Å². The Morgan fingerprint density at radius 2 is 2.20 bits per heavy atom. The lowest BCUT2D eigenvalue weighted by Gasteiger charge is -2.16. The standard InChI is InChI=1S/C14H15Cl2NO2S/c1-9(18)20-11-7-13(19)17(8-11)6-5-10-3-2-4-12(15)14(10)16/h2-4,11H,5-8H2,1H3. The van der Waals surface area contributed by atoms with Crippen molar-refractivity contribution in [1.29, 1.82) is 0 Å². The SMILES string of the molecule is CC(=O)SC1CC(=O)N(CCc2cccc(Cl)c2Cl)C1. The maximum absolute atomic E-state index is 11.9. The molecule has 6 heteroatoms. The Balaban J connectivity index is 1.93. The third-order valence-corrected chi connectivity index (χ3v) is 5.03. The van der Waals surface area contributed by atoms with Gasteiger partial charge in [0.25, 0.3) is 0 Å². The van der Waals surface area contributed by atoms with Crippen molar-refractivity contribution in [3.63, 3.8) is 0 Å². The van der Waals surface area contributed by atoms with Crippen LogP contribution >= 0.6 is 35.0 Å². The molecule has 0 N–H and O–H groups in total. The van der Waals surface area contributed by atoms with Crippen molar-refractivity contribution in [2.45, 2.75) is 25.0 Å². The minimum atomic E-state index is 0.0579. The fourth-order valence-corrected chi connectivity index (χ4v) is 3.63. The van der Waals surface area contributed by atoms with Gasteiger partial charge in [0.15, 0.2) is 5.12 Å². The molecule has 1 unspecified atom stereocenters. The van der Waals surface area contributed by atoms with Crippen LogP contribution in [-0.2, 0) is 16.0 Å². The van der Waals surface area contributed by atoms with Crippen molar-refractivity contribution in [1.82, 2.24) is 4.90 Å². The minimum Gasteiger partial charge on any atom is -0.341 e. The van der Waals surface area contributed by atoms with E-state index in [2.05, 4.69) is 0 Å². The summed E-state index contributed by atoms with van der Waals surface area (Å²) in [7, 11) is 0. The first-order valence-electron chi connectivity index (χ1n) is 6.35. The fourth-order valence-electron chi connectivity index (χ4n) is 2.26. The summed E-state index contributed by atoms with van der Waals surface area (Å²) in [5.41, 5.74) is 0.939. The van der Waals surface area contributed by atoms with Crippen molar-refractivity contribution in [3.05, 3.63) is 33.8 Å². The molecule has 0 spiro atoms. The average Bonchev–Trinajstić information content (AvgIpc) is 2.70. The van der Waals surface area contributed by atoms with Crippen LogP contribution in [0.25, 0.3) is 0 Å². The summed E-state index contributed by atoms with van der Waals surface area (Å²) >= 11 is 13.3. The second-order valence-electron chi connectivity index (χ2n) is 4.74. The summed E-state index contributed by atoms with van der Waals surface area (Å²) in [5, 5.41) is 1.22. The van der Waals surface area contributed by atoms with Gasteiger partial charge in [-0.25, -0.2) is 0 Å². The Labute approximate surface area is 132 Å². The predicted molar refractivity (Wildman–Crippen MR) is 83.4 cm³/mol. The lowest BCUT2D eigenvalue weighted by Crippen LogP contribution is -2.28. The lowest BCUT2D eigenvalue weighted by molar-refractivity contribution is -0.127. The summed E-state index contributed by atoms with van der Waals surface area (Å²) in [6.45, 7) is 2.76. The van der Waals surface area contributed by atoms with Gasteiger partial charge in [-0.2, -0.15) is 0 Å². The number of carbonyl (C=O) groups is 2. The maximum atomic E-state index is 11.9. The van der Waals surface area contributed by atoms with Crippen LogP contribution in [0.2, 0.25) is 10.0 Å². The number of benzene rings is 1. The molecule has 1 saturated heterocycles. The minimum absolute atomic E-state index is 0.0579. The number of carbonyl (C=O) groups excluding carboxylic acids is 2. The van der Waals surface area contributed by atoms with E-state index < -0.39 is 0 Å². The molecule has 0 aliphatic carbocycles. The van der Waals surface area contributed by atoms with E-state index >= 15 is 0 Å². The Kier molecular flexibility index (Phi) is 5.35. The van der Waals surface area contributed by atoms with Gasteiger partial charge in [0.2, 0.25) is 5.91 Å². The number of likely N-dealkylation sites (tertiary alicyclic amines) is 1. The van der Waals surface area contributed by atoms with Crippen LogP contribution in [0.4, 0.5) is 0 Å². The van der Waals surface area contributed by atoms with Crippen LogP contribution < -0.4 is 0 Å². The summed E-state index contributed by atoms with van der Waals surface area (Å²) in [6, 6.07) is 5.51. The molecular weight excluding hydrogens is 317 g/mol. The van der Waals surface area contributed by atoms with E-state index in [0.29, 0.717) is 36.0 Å². The van der Waals surface area contributed by atoms with Crippen LogP contribution in [-0.4, -0.2) is 34.3 Å². The zero-order chi connectivity index (χ0) is 14.7. The van der Waals surface area contributed by atoms with Gasteiger partial charge >= 0.3 is 0 Å². The molecule has 0 radical (unpaired) electrons. The fraction of sp³-hybridized carbons (Fsp3) is 0.429. The molecule has 0 aromatic heterocycles. The van der Waals surface area contributed by atoms with Gasteiger partial charge in [-0.15, -0.1) is 0 Å². The van der Waals surface area contributed by atoms with Gasteiger partial charge in [0, 0.05) is 31.7 Å². The van der Waals surface area contributed by atoms with Crippen LogP contribution in [0.15, 0.2) is 18.2 Å². The van der Waals surface area contributed by atoms with Gasteiger partial charge in [-0.1, -0.05) is 47.1 Å². The molecule has 3 nitrogen and oxygen atoms in total. The molecule has 1 atom stereocenters. The molecule has 1 aliphatic rings. The normalized spacial score (nSPS) is 18.6. The largest absolute Gasteiger partial charge is 0.341 e. The number of halogens is 2. The molecule has 2 rings (SSSR count). The van der Waals surface area contributed by atoms with Crippen molar-refractivity contribution >= 4 is 46.0 Å². The summed E-state index contributed by atoms with van der Waals surface area (Å²) in [4.78, 5) is 24.7. The van der Waals surface area contributed by atoms with E-state index in [1.54, 1.807) is 11.0 Å². The molecule has 1 heterocycles. The average molecular weight is 332 g/mol. The zero-order valence-corrected chi connectivity index (χ0v) is 13.4. The summed E-state index contributed by atoms with van der Waals surface area (Å²) < 4.78 is 0. The molecule has 1 aromatic rings. The molecular formula is C14H15Cl2NO2S. The van der Waals surface area contributed by atoms with Gasteiger partial charge < -0.3 is 4.90 Å². The van der Waals surface area contributed by atoms with Crippen molar-refractivity contribution in [2.75, 3.05) is 13.1 Å². The Morgan fingerprint density at radius 3 is 2.90 bits per heavy atom. The van der Waals surface area contributed by atoms with Gasteiger partial charge in [-0.3, -0.25) is 9.59 Å². The van der Waals surface area contributed by atoms with Crippen LogP contribution in [0.5, 0.6) is 0 Å². The molecule has 0 bridgehead atoms. The smallest absolute Gasteiger partial charge is 0.223 e. The third kappa shape index (κ3) is 3.90. The van der Waals surface area contributed by atoms with E-state index in [4.69, 9.17) is 23.2 Å². The van der Waals surface area contributed by atoms with E-state index in [-0.39, 0.29) is 16.3 Å². The highest BCUT2D eigenvalue weighted by Gasteiger charge is 2.30. The number of rotatable bonds is 4. The first-order chi connectivity index (χ1) is 9.47. The number of hydrogen-bond acceptors (Lipinski definition) is 3. The van der Waals surface area contributed by atoms with Crippen LogP contribution in [0.1, 0.15) is 18.9 Å². The Hall–Kier alpha value is -0.710. The zero-order valence-electron chi connectivity index (χ0n) is 11.1. The highest BCUT2D eigenvalue weighted by atomic mass is 35.5. The summed E-state index contributed by atoms with van der Waals surface area (Å²) in [6.07, 6.45) is 1.11. The van der Waals surface area contributed by atoms with Crippen LogP contribution in [0, 0.1) is 0 Å². The van der Waals surface area contributed by atoms with Crippen molar-refractivity contribution in [2.24, 2.45) is 0 Å². The predicted octanol–water partition coefficient (Wildman–Crippen LogP) is 3.42. The van der Waals surface area contributed by atoms with Gasteiger partial charge in [0.05, 0.1) is 10.0 Å². The molecule has 1 amide bonds. The van der Waals surface area contributed by atoms with Gasteiger partial charge in [-0.05, 0) is 18.1 Å². The molecule has 1 aromatic carbocycles. The summed E-state index contributed by atoms with van der Waals surface area (Å²) in [5.74, 6) is 0.0990. The number of nitrogens with zero attached hydrogens (tertiary/aromatic N) is 1. The second kappa shape index (κ2) is 6.83. The number of hydrogen-bond donors (Lipinski definition) is 0. The monoisotopic (exact) mass is 331 g/mol. The third-order valence-electron chi connectivity index (χ3n) is 3.19. The quantitative estimate of drug-likeness (QED) is 0.848. The highest BCUT2D eigenvalue weighted by molar-refractivity contribution is 8.14. The van der Waals surface area contributed by atoms with Crippen LogP contribution in [0.3, 0.4) is 0 Å². The molecule has 108 valence electrons. The topological polar surface area (TPSA) is 37.4 Å². The van der Waals surface area contributed by atoms with Crippen molar-refractivity contribution < 1.29 is 9.59 Å². The number of amides is 1. The maximum Gasteiger partial charge on any atom is 0.223 e. The molecule has 20 heavy (non-hydrogen) atoms. The first kappa shape index (κ1) is 15.7.